The zero-order valence-corrected chi connectivity index (χ0v) is 14.8. The van der Waals surface area contributed by atoms with Gasteiger partial charge in [-0.25, -0.2) is 8.78 Å². The zero-order chi connectivity index (χ0) is 18.0. The van der Waals surface area contributed by atoms with Crippen molar-refractivity contribution >= 4 is 0 Å². The zero-order valence-electron chi connectivity index (χ0n) is 14.8. The summed E-state index contributed by atoms with van der Waals surface area (Å²) in [6.07, 6.45) is 5.79. The topological polar surface area (TPSA) is 32.3 Å². The summed E-state index contributed by atoms with van der Waals surface area (Å²) in [5.41, 5.74) is 1.06. The quantitative estimate of drug-likeness (QED) is 0.840. The Labute approximate surface area is 152 Å². The van der Waals surface area contributed by atoms with E-state index < -0.39 is 11.3 Å². The molecule has 0 aromatic carbocycles. The molecule has 0 N–H and O–H groups in total. The third-order valence-electron chi connectivity index (χ3n) is 5.72. The summed E-state index contributed by atoms with van der Waals surface area (Å²) in [5.74, 6) is -2.61. The van der Waals surface area contributed by atoms with Gasteiger partial charge in [0.15, 0.2) is 0 Å². The Hall–Kier alpha value is -1.92. The van der Waals surface area contributed by atoms with Crippen molar-refractivity contribution in [3.63, 3.8) is 0 Å². The summed E-state index contributed by atoms with van der Waals surface area (Å²) >= 11 is 0. The van der Waals surface area contributed by atoms with Crippen LogP contribution < -0.4 is 0 Å². The number of nitrogens with zero attached hydrogens (tertiary/aromatic N) is 4. The molecule has 4 nitrogen and oxygen atoms in total. The lowest BCUT2D eigenvalue weighted by Crippen LogP contribution is -2.56. The molecule has 1 atom stereocenters. The van der Waals surface area contributed by atoms with Crippen LogP contribution in [0.3, 0.4) is 0 Å². The molecule has 1 spiro atoms. The maximum absolute atomic E-state index is 14.9. The molecule has 138 valence electrons. The Bertz CT molecular complexity index is 725. The van der Waals surface area contributed by atoms with Crippen molar-refractivity contribution in [3.8, 4) is 0 Å². The van der Waals surface area contributed by atoms with Gasteiger partial charge in [-0.3, -0.25) is 19.8 Å². The normalized spacial score (nSPS) is 26.4. The minimum absolute atomic E-state index is 0.0648. The van der Waals surface area contributed by atoms with Gasteiger partial charge in [-0.1, -0.05) is 12.1 Å². The molecule has 0 amide bonds. The third-order valence-corrected chi connectivity index (χ3v) is 5.72. The first kappa shape index (κ1) is 17.5. The summed E-state index contributed by atoms with van der Waals surface area (Å²) in [6.45, 7) is 3.33. The van der Waals surface area contributed by atoms with Crippen molar-refractivity contribution in [2.45, 2.75) is 31.9 Å². The van der Waals surface area contributed by atoms with Gasteiger partial charge >= 0.3 is 0 Å². The second-order valence-electron chi connectivity index (χ2n) is 7.59. The Morgan fingerprint density at radius 1 is 0.923 bits per heavy atom. The number of likely N-dealkylation sites (tertiary alicyclic amines) is 2. The van der Waals surface area contributed by atoms with Gasteiger partial charge in [-0.15, -0.1) is 0 Å². The summed E-state index contributed by atoms with van der Waals surface area (Å²) in [6, 6.07) is 9.68. The van der Waals surface area contributed by atoms with Crippen LogP contribution >= 0.6 is 0 Å². The van der Waals surface area contributed by atoms with Gasteiger partial charge in [0.25, 0.3) is 5.92 Å². The number of halogens is 2. The van der Waals surface area contributed by atoms with E-state index in [4.69, 9.17) is 0 Å². The molecule has 2 saturated heterocycles. The maximum atomic E-state index is 14.9. The van der Waals surface area contributed by atoms with Crippen LogP contribution in [0.25, 0.3) is 0 Å². The molecule has 4 heterocycles. The highest BCUT2D eigenvalue weighted by Gasteiger charge is 2.59. The van der Waals surface area contributed by atoms with Gasteiger partial charge in [0, 0.05) is 57.7 Å². The highest BCUT2D eigenvalue weighted by molar-refractivity contribution is 5.11. The van der Waals surface area contributed by atoms with Gasteiger partial charge in [0.05, 0.1) is 11.1 Å². The predicted octanol–water partition coefficient (Wildman–Crippen LogP) is 3.21. The van der Waals surface area contributed by atoms with Crippen molar-refractivity contribution in [3.05, 3.63) is 60.2 Å². The van der Waals surface area contributed by atoms with E-state index in [2.05, 4.69) is 19.8 Å². The van der Waals surface area contributed by atoms with Crippen molar-refractivity contribution in [1.82, 2.24) is 19.8 Å². The number of alkyl halides is 2. The molecule has 0 radical (unpaired) electrons. The van der Waals surface area contributed by atoms with Crippen LogP contribution in [0.2, 0.25) is 0 Å². The van der Waals surface area contributed by atoms with Crippen LogP contribution in [-0.2, 0) is 13.1 Å². The van der Waals surface area contributed by atoms with Gasteiger partial charge in [-0.05, 0) is 36.7 Å². The highest BCUT2D eigenvalue weighted by Crippen LogP contribution is 2.49. The van der Waals surface area contributed by atoms with Gasteiger partial charge in [-0.2, -0.15) is 0 Å². The van der Waals surface area contributed by atoms with Crippen molar-refractivity contribution in [1.29, 1.82) is 0 Å². The summed E-state index contributed by atoms with van der Waals surface area (Å²) in [5, 5.41) is 0. The molecular formula is C20H24F2N4. The molecule has 2 fully saturated rings. The van der Waals surface area contributed by atoms with Crippen LogP contribution in [0.15, 0.2) is 48.9 Å². The lowest BCUT2D eigenvalue weighted by Gasteiger charge is -2.46. The van der Waals surface area contributed by atoms with E-state index in [-0.39, 0.29) is 6.42 Å². The Kier molecular flexibility index (Phi) is 4.71. The van der Waals surface area contributed by atoms with Crippen LogP contribution in [0.1, 0.15) is 24.1 Å². The number of hydrogen-bond donors (Lipinski definition) is 0. The SMILES string of the molecule is FC1(F)CCN(Cc2cccnc2)C[C@@]12CCN(Cc1ccccn1)C2. The van der Waals surface area contributed by atoms with Crippen LogP contribution in [-0.4, -0.2) is 51.9 Å². The minimum atomic E-state index is -2.61. The van der Waals surface area contributed by atoms with Crippen LogP contribution in [0, 0.1) is 5.41 Å². The van der Waals surface area contributed by atoms with Crippen molar-refractivity contribution in [2.24, 2.45) is 5.41 Å². The molecule has 0 saturated carbocycles. The Morgan fingerprint density at radius 3 is 2.46 bits per heavy atom. The molecule has 0 aliphatic carbocycles. The van der Waals surface area contributed by atoms with Crippen LogP contribution in [0.5, 0.6) is 0 Å². The van der Waals surface area contributed by atoms with Crippen molar-refractivity contribution in [2.75, 3.05) is 26.2 Å². The third kappa shape index (κ3) is 3.48. The van der Waals surface area contributed by atoms with Gasteiger partial charge in [0.2, 0.25) is 0 Å². The van der Waals surface area contributed by atoms with E-state index in [9.17, 15) is 8.78 Å². The van der Waals surface area contributed by atoms with Gasteiger partial charge in [0.1, 0.15) is 0 Å². The number of hydrogen-bond acceptors (Lipinski definition) is 4. The first-order chi connectivity index (χ1) is 12.6. The number of aromatic nitrogens is 2. The Balaban J connectivity index is 1.46. The summed E-state index contributed by atoms with van der Waals surface area (Å²) < 4.78 is 29.8. The molecule has 4 rings (SSSR count). The minimum Gasteiger partial charge on any atom is -0.298 e. The smallest absolute Gasteiger partial charge is 0.257 e. The largest absolute Gasteiger partial charge is 0.298 e. The standard InChI is InChI=1S/C20H24F2N4/c21-20(22)7-11-25(13-17-4-3-8-23-12-17)15-19(20)6-10-26(16-19)14-18-5-1-2-9-24-18/h1-5,8-9,12H,6-7,10-11,13-16H2/t19-/m1/s1. The summed E-state index contributed by atoms with van der Waals surface area (Å²) in [7, 11) is 0. The van der Waals surface area contributed by atoms with E-state index in [0.717, 1.165) is 11.3 Å². The molecule has 0 unspecified atom stereocenters. The lowest BCUT2D eigenvalue weighted by molar-refractivity contribution is -0.163. The molecule has 26 heavy (non-hydrogen) atoms. The lowest BCUT2D eigenvalue weighted by atomic mass is 9.75. The number of pyridine rings is 2. The maximum Gasteiger partial charge on any atom is 0.257 e. The molecule has 2 aliphatic heterocycles. The average Bonchev–Trinajstić information content (AvgIpc) is 3.04. The number of piperidine rings is 1. The first-order valence-electron chi connectivity index (χ1n) is 9.18. The molecule has 2 aliphatic rings. The van der Waals surface area contributed by atoms with E-state index in [0.29, 0.717) is 45.7 Å². The second-order valence-corrected chi connectivity index (χ2v) is 7.59. The highest BCUT2D eigenvalue weighted by atomic mass is 19.3. The average molecular weight is 358 g/mol. The molecule has 6 heteroatoms. The van der Waals surface area contributed by atoms with E-state index >= 15 is 0 Å². The molecular weight excluding hydrogens is 334 g/mol. The summed E-state index contributed by atoms with van der Waals surface area (Å²) in [4.78, 5) is 12.8. The van der Waals surface area contributed by atoms with E-state index in [1.807, 2.05) is 36.5 Å². The molecule has 2 aromatic rings. The fraction of sp³-hybridized carbons (Fsp3) is 0.500. The van der Waals surface area contributed by atoms with E-state index in [1.165, 1.54) is 0 Å². The van der Waals surface area contributed by atoms with Crippen LogP contribution in [0.4, 0.5) is 8.78 Å². The first-order valence-corrected chi connectivity index (χ1v) is 9.18. The Morgan fingerprint density at radius 2 is 1.73 bits per heavy atom. The van der Waals surface area contributed by atoms with E-state index in [1.54, 1.807) is 12.4 Å². The fourth-order valence-electron chi connectivity index (χ4n) is 4.31. The fourth-order valence-corrected chi connectivity index (χ4v) is 4.31. The van der Waals surface area contributed by atoms with Crippen molar-refractivity contribution < 1.29 is 8.78 Å². The molecule has 2 aromatic heterocycles. The van der Waals surface area contributed by atoms with Gasteiger partial charge < -0.3 is 0 Å². The predicted molar refractivity (Wildman–Crippen MR) is 95.6 cm³/mol. The molecule has 0 bridgehead atoms. The monoisotopic (exact) mass is 358 g/mol. The number of rotatable bonds is 4. The second kappa shape index (κ2) is 7.00.